The van der Waals surface area contributed by atoms with Crippen molar-refractivity contribution in [1.29, 1.82) is 5.26 Å². The number of benzene rings is 1. The summed E-state index contributed by atoms with van der Waals surface area (Å²) in [4.78, 5) is 38.2. The molecule has 3 rings (SSSR count). The summed E-state index contributed by atoms with van der Waals surface area (Å²) in [5.41, 5.74) is -0.0136. The van der Waals surface area contributed by atoms with Gasteiger partial charge < -0.3 is 15.2 Å². The normalized spacial score (nSPS) is 11.0. The summed E-state index contributed by atoms with van der Waals surface area (Å²) < 4.78 is 14.9. The number of rotatable bonds is 6. The van der Waals surface area contributed by atoms with E-state index in [4.69, 9.17) is 5.26 Å². The van der Waals surface area contributed by atoms with Crippen LogP contribution < -0.4 is 10.6 Å². The Morgan fingerprint density at radius 3 is 2.62 bits per heavy atom. The summed E-state index contributed by atoms with van der Waals surface area (Å²) in [7, 11) is 1.56. The van der Waals surface area contributed by atoms with E-state index < -0.39 is 29.0 Å². The number of aromatic nitrogens is 4. The van der Waals surface area contributed by atoms with Crippen molar-refractivity contribution in [2.75, 3.05) is 5.32 Å². The molecule has 0 aliphatic carbocycles. The SMILES string of the molecule is Cc1c(C(=O)C(=O)NC(C)(C)c2cn[nH]n2)cn(C)c1C(=O)Nc1ccc(F)c(C#N)c1. The number of anilines is 1. The van der Waals surface area contributed by atoms with Crippen molar-refractivity contribution in [3.05, 3.63) is 64.5 Å². The summed E-state index contributed by atoms with van der Waals surface area (Å²) in [5.74, 6) is -2.96. The van der Waals surface area contributed by atoms with Crippen LogP contribution in [0.25, 0.3) is 0 Å². The molecule has 164 valence electrons. The number of H-pyrrole nitrogens is 1. The average Bonchev–Trinajstić information content (AvgIpc) is 3.37. The molecule has 2 heterocycles. The first kappa shape index (κ1) is 22.4. The standard InChI is InChI=1S/C21H20FN7O3/c1-11-14(18(30)20(32)26-21(2,3)16-9-24-28-27-16)10-29(4)17(11)19(31)25-13-5-6-15(22)12(7-13)8-23/h5-7,9-10H,1-4H3,(H,25,31)(H,26,32)(H,24,27,28). The third-order valence-corrected chi connectivity index (χ3v) is 4.93. The number of nitrogens with one attached hydrogen (secondary N) is 3. The van der Waals surface area contributed by atoms with Gasteiger partial charge in [0.25, 0.3) is 17.6 Å². The van der Waals surface area contributed by atoms with Crippen LogP contribution in [-0.2, 0) is 17.4 Å². The fourth-order valence-corrected chi connectivity index (χ4v) is 3.22. The number of Topliss-reactive ketones (excluding diaryl/α,β-unsaturated/α-hetero) is 1. The molecule has 0 bridgehead atoms. The average molecular weight is 437 g/mol. The number of halogens is 1. The van der Waals surface area contributed by atoms with Gasteiger partial charge in [0.1, 0.15) is 23.3 Å². The van der Waals surface area contributed by atoms with Gasteiger partial charge in [-0.2, -0.15) is 20.7 Å². The number of hydrogen-bond acceptors (Lipinski definition) is 6. The van der Waals surface area contributed by atoms with Gasteiger partial charge in [-0.05, 0) is 44.5 Å². The van der Waals surface area contributed by atoms with Crippen LogP contribution in [0, 0.1) is 24.1 Å². The molecule has 0 unspecified atom stereocenters. The lowest BCUT2D eigenvalue weighted by Crippen LogP contribution is -2.44. The zero-order valence-electron chi connectivity index (χ0n) is 17.8. The molecule has 2 aromatic heterocycles. The van der Waals surface area contributed by atoms with Gasteiger partial charge in [0.15, 0.2) is 0 Å². The molecule has 2 amide bonds. The monoisotopic (exact) mass is 437 g/mol. The van der Waals surface area contributed by atoms with Crippen molar-refractivity contribution in [3.63, 3.8) is 0 Å². The molecule has 0 atom stereocenters. The van der Waals surface area contributed by atoms with E-state index in [2.05, 4.69) is 26.0 Å². The molecular formula is C21H20FN7O3. The Kier molecular flexibility index (Phi) is 5.89. The Morgan fingerprint density at radius 1 is 1.28 bits per heavy atom. The second kappa shape index (κ2) is 8.43. The molecule has 0 radical (unpaired) electrons. The van der Waals surface area contributed by atoms with Crippen LogP contribution in [0.3, 0.4) is 0 Å². The Bertz CT molecular complexity index is 1250. The minimum atomic E-state index is -0.955. The minimum absolute atomic E-state index is 0.0583. The van der Waals surface area contributed by atoms with E-state index in [1.54, 1.807) is 33.9 Å². The number of ketones is 1. The Balaban J connectivity index is 1.82. The fourth-order valence-electron chi connectivity index (χ4n) is 3.22. The number of hydrogen-bond donors (Lipinski definition) is 3. The number of carbonyl (C=O) groups is 3. The predicted octanol–water partition coefficient (Wildman–Crippen LogP) is 1.95. The Morgan fingerprint density at radius 2 is 2.00 bits per heavy atom. The van der Waals surface area contributed by atoms with Crippen LogP contribution in [0.15, 0.2) is 30.6 Å². The summed E-state index contributed by atoms with van der Waals surface area (Å²) in [6, 6.07) is 5.29. The number of amides is 2. The van der Waals surface area contributed by atoms with Crippen LogP contribution in [-0.4, -0.2) is 37.6 Å². The summed E-state index contributed by atoms with van der Waals surface area (Å²) >= 11 is 0. The van der Waals surface area contributed by atoms with Gasteiger partial charge in [-0.3, -0.25) is 14.4 Å². The molecule has 32 heavy (non-hydrogen) atoms. The first-order chi connectivity index (χ1) is 15.0. The van der Waals surface area contributed by atoms with E-state index in [0.29, 0.717) is 11.3 Å². The van der Waals surface area contributed by atoms with Crippen molar-refractivity contribution in [3.8, 4) is 6.07 Å². The fraction of sp³-hybridized carbons (Fsp3) is 0.238. The molecule has 0 aliphatic heterocycles. The van der Waals surface area contributed by atoms with E-state index in [0.717, 1.165) is 6.07 Å². The molecule has 0 aliphatic rings. The molecule has 3 N–H and O–H groups in total. The zero-order chi connectivity index (χ0) is 23.6. The van der Waals surface area contributed by atoms with Crippen molar-refractivity contribution in [2.45, 2.75) is 26.3 Å². The highest BCUT2D eigenvalue weighted by atomic mass is 19.1. The summed E-state index contributed by atoms with van der Waals surface area (Å²) in [5, 5.41) is 24.2. The lowest BCUT2D eigenvalue weighted by atomic mass is 10.00. The van der Waals surface area contributed by atoms with Gasteiger partial charge in [0, 0.05) is 24.5 Å². The van der Waals surface area contributed by atoms with Gasteiger partial charge in [-0.1, -0.05) is 0 Å². The first-order valence-electron chi connectivity index (χ1n) is 9.45. The summed E-state index contributed by atoms with van der Waals surface area (Å²) in [6.07, 6.45) is 2.83. The maximum atomic E-state index is 13.5. The van der Waals surface area contributed by atoms with E-state index in [-0.39, 0.29) is 22.5 Å². The van der Waals surface area contributed by atoms with Crippen molar-refractivity contribution < 1.29 is 18.8 Å². The van der Waals surface area contributed by atoms with Crippen LogP contribution in [0.4, 0.5) is 10.1 Å². The number of nitrogens with zero attached hydrogens (tertiary/aromatic N) is 4. The second-order valence-electron chi connectivity index (χ2n) is 7.65. The lowest BCUT2D eigenvalue weighted by molar-refractivity contribution is -0.118. The molecular weight excluding hydrogens is 417 g/mol. The highest BCUT2D eigenvalue weighted by molar-refractivity contribution is 6.43. The van der Waals surface area contributed by atoms with Gasteiger partial charge in [0.05, 0.1) is 17.3 Å². The van der Waals surface area contributed by atoms with Crippen LogP contribution in [0.1, 0.15) is 51.5 Å². The summed E-state index contributed by atoms with van der Waals surface area (Å²) in [6.45, 7) is 4.89. The highest BCUT2D eigenvalue weighted by Crippen LogP contribution is 2.21. The molecule has 1 aromatic carbocycles. The number of aryl methyl sites for hydroxylation is 1. The van der Waals surface area contributed by atoms with Gasteiger partial charge in [-0.15, -0.1) is 0 Å². The van der Waals surface area contributed by atoms with Crippen molar-refractivity contribution in [2.24, 2.45) is 7.05 Å². The third-order valence-electron chi connectivity index (χ3n) is 4.93. The maximum absolute atomic E-state index is 13.5. The molecule has 0 saturated carbocycles. The van der Waals surface area contributed by atoms with E-state index in [1.807, 2.05) is 0 Å². The molecule has 10 nitrogen and oxygen atoms in total. The number of aromatic amines is 1. The van der Waals surface area contributed by atoms with E-state index >= 15 is 0 Å². The Hall–Kier alpha value is -4.33. The van der Waals surface area contributed by atoms with Crippen LogP contribution >= 0.6 is 0 Å². The smallest absolute Gasteiger partial charge is 0.293 e. The van der Waals surface area contributed by atoms with Gasteiger partial charge in [0.2, 0.25) is 0 Å². The second-order valence-corrected chi connectivity index (χ2v) is 7.65. The molecule has 11 heteroatoms. The van der Waals surface area contributed by atoms with Crippen LogP contribution in [0.2, 0.25) is 0 Å². The largest absolute Gasteiger partial charge is 0.346 e. The topological polar surface area (TPSA) is 146 Å². The third kappa shape index (κ3) is 4.24. The van der Waals surface area contributed by atoms with Gasteiger partial charge >= 0.3 is 0 Å². The van der Waals surface area contributed by atoms with Gasteiger partial charge in [-0.25, -0.2) is 4.39 Å². The molecule has 3 aromatic rings. The predicted molar refractivity (Wildman–Crippen MR) is 111 cm³/mol. The van der Waals surface area contributed by atoms with Crippen LogP contribution in [0.5, 0.6) is 0 Å². The van der Waals surface area contributed by atoms with E-state index in [1.165, 1.54) is 29.1 Å². The Labute approximate surface area is 182 Å². The molecule has 0 spiro atoms. The quantitative estimate of drug-likeness (QED) is 0.397. The first-order valence-corrected chi connectivity index (χ1v) is 9.45. The maximum Gasteiger partial charge on any atom is 0.293 e. The number of nitriles is 1. The highest BCUT2D eigenvalue weighted by Gasteiger charge is 2.31. The zero-order valence-corrected chi connectivity index (χ0v) is 17.8. The number of carbonyl (C=O) groups excluding carboxylic acids is 3. The lowest BCUT2D eigenvalue weighted by Gasteiger charge is -2.23. The molecule has 0 saturated heterocycles. The van der Waals surface area contributed by atoms with E-state index in [9.17, 15) is 18.8 Å². The van der Waals surface area contributed by atoms with Crippen molar-refractivity contribution in [1.82, 2.24) is 25.3 Å². The molecule has 0 fully saturated rings. The van der Waals surface area contributed by atoms with Crippen molar-refractivity contribution >= 4 is 23.3 Å². The minimum Gasteiger partial charge on any atom is -0.346 e.